The summed E-state index contributed by atoms with van der Waals surface area (Å²) in [7, 11) is 1.51. The second-order valence-corrected chi connectivity index (χ2v) is 5.81. The summed E-state index contributed by atoms with van der Waals surface area (Å²) < 4.78 is 10.9. The SMILES string of the molecule is COc1cc(/C=C2\C(=O)NN=C2C)ccc1OCC(=O)Nc1ccccc1. The summed E-state index contributed by atoms with van der Waals surface area (Å²) in [5.41, 5.74) is 4.99. The van der Waals surface area contributed by atoms with E-state index in [1.165, 1.54) is 7.11 Å². The third-order valence-corrected chi connectivity index (χ3v) is 3.87. The van der Waals surface area contributed by atoms with Crippen LogP contribution in [-0.2, 0) is 9.59 Å². The molecule has 138 valence electrons. The van der Waals surface area contributed by atoms with Crippen molar-refractivity contribution in [3.63, 3.8) is 0 Å². The summed E-state index contributed by atoms with van der Waals surface area (Å²) >= 11 is 0. The number of nitrogens with one attached hydrogen (secondary N) is 2. The summed E-state index contributed by atoms with van der Waals surface area (Å²) in [5, 5.41) is 6.63. The number of ether oxygens (including phenoxy) is 2. The van der Waals surface area contributed by atoms with Crippen molar-refractivity contribution >= 4 is 29.3 Å². The van der Waals surface area contributed by atoms with Crippen molar-refractivity contribution in [2.24, 2.45) is 5.10 Å². The van der Waals surface area contributed by atoms with E-state index in [9.17, 15) is 9.59 Å². The van der Waals surface area contributed by atoms with Crippen LogP contribution in [0, 0.1) is 0 Å². The maximum Gasteiger partial charge on any atom is 0.273 e. The molecule has 0 radical (unpaired) electrons. The van der Waals surface area contributed by atoms with Gasteiger partial charge in [-0.25, -0.2) is 5.43 Å². The van der Waals surface area contributed by atoms with Gasteiger partial charge in [0, 0.05) is 5.69 Å². The molecule has 0 saturated heterocycles. The van der Waals surface area contributed by atoms with Gasteiger partial charge in [0.15, 0.2) is 18.1 Å². The second kappa shape index (κ2) is 8.18. The van der Waals surface area contributed by atoms with Crippen LogP contribution in [0.25, 0.3) is 6.08 Å². The number of methoxy groups -OCH3 is 1. The summed E-state index contributed by atoms with van der Waals surface area (Å²) in [5.74, 6) is 0.377. The zero-order valence-electron chi connectivity index (χ0n) is 15.0. The van der Waals surface area contributed by atoms with Crippen LogP contribution in [0.5, 0.6) is 11.5 Å². The number of hydrogen-bond acceptors (Lipinski definition) is 5. The minimum absolute atomic E-state index is 0.153. The van der Waals surface area contributed by atoms with Crippen molar-refractivity contribution in [2.75, 3.05) is 19.0 Å². The first-order valence-corrected chi connectivity index (χ1v) is 8.29. The molecule has 1 heterocycles. The van der Waals surface area contributed by atoms with Crippen LogP contribution < -0.4 is 20.2 Å². The zero-order valence-corrected chi connectivity index (χ0v) is 15.0. The Balaban J connectivity index is 1.68. The molecule has 7 nitrogen and oxygen atoms in total. The van der Waals surface area contributed by atoms with Crippen LogP contribution in [0.2, 0.25) is 0 Å². The Hall–Kier alpha value is -3.61. The number of rotatable bonds is 6. The van der Waals surface area contributed by atoms with Crippen LogP contribution in [0.4, 0.5) is 5.69 Å². The molecule has 0 fully saturated rings. The van der Waals surface area contributed by atoms with Gasteiger partial charge in [0.05, 0.1) is 18.4 Å². The van der Waals surface area contributed by atoms with Gasteiger partial charge < -0.3 is 14.8 Å². The standard InChI is InChI=1S/C20H19N3O4/c1-13-16(20(25)23-22-13)10-14-8-9-17(18(11-14)26-2)27-12-19(24)21-15-6-4-3-5-7-15/h3-11H,12H2,1-2H3,(H,21,24)(H,23,25)/b16-10-. The summed E-state index contributed by atoms with van der Waals surface area (Å²) in [6.45, 7) is 1.60. The van der Waals surface area contributed by atoms with E-state index >= 15 is 0 Å². The largest absolute Gasteiger partial charge is 0.493 e. The number of carbonyl (C=O) groups excluding carboxylic acids is 2. The van der Waals surface area contributed by atoms with Crippen molar-refractivity contribution in [3.05, 3.63) is 59.7 Å². The molecule has 2 aromatic rings. The predicted octanol–water partition coefficient (Wildman–Crippen LogP) is 2.60. The van der Waals surface area contributed by atoms with Gasteiger partial charge in [-0.1, -0.05) is 24.3 Å². The van der Waals surface area contributed by atoms with Crippen molar-refractivity contribution in [2.45, 2.75) is 6.92 Å². The molecule has 27 heavy (non-hydrogen) atoms. The molecule has 2 N–H and O–H groups in total. The van der Waals surface area contributed by atoms with Gasteiger partial charge in [0.1, 0.15) is 0 Å². The van der Waals surface area contributed by atoms with Gasteiger partial charge in [-0.2, -0.15) is 5.10 Å². The van der Waals surface area contributed by atoms with Crippen molar-refractivity contribution in [1.29, 1.82) is 0 Å². The summed E-state index contributed by atoms with van der Waals surface area (Å²) in [4.78, 5) is 23.8. The van der Waals surface area contributed by atoms with Gasteiger partial charge in [-0.05, 0) is 42.8 Å². The maximum absolute atomic E-state index is 12.0. The molecule has 7 heteroatoms. The fourth-order valence-corrected chi connectivity index (χ4v) is 2.51. The highest BCUT2D eigenvalue weighted by Gasteiger charge is 2.19. The highest BCUT2D eigenvalue weighted by atomic mass is 16.5. The number of benzene rings is 2. The molecule has 0 atom stereocenters. The highest BCUT2D eigenvalue weighted by Crippen LogP contribution is 2.29. The molecule has 0 aromatic heterocycles. The minimum atomic E-state index is -0.274. The smallest absolute Gasteiger partial charge is 0.273 e. The Morgan fingerprint density at radius 3 is 2.63 bits per heavy atom. The van der Waals surface area contributed by atoms with E-state index in [4.69, 9.17) is 9.47 Å². The monoisotopic (exact) mass is 365 g/mol. The molecule has 2 aromatic carbocycles. The Kier molecular flexibility index (Phi) is 5.51. The Morgan fingerprint density at radius 1 is 1.19 bits per heavy atom. The molecule has 0 unspecified atom stereocenters. The number of amides is 2. The third-order valence-electron chi connectivity index (χ3n) is 3.87. The average Bonchev–Trinajstić information content (AvgIpc) is 2.99. The maximum atomic E-state index is 12.0. The lowest BCUT2D eigenvalue weighted by Gasteiger charge is -2.11. The van der Waals surface area contributed by atoms with E-state index in [1.807, 2.05) is 18.2 Å². The quantitative estimate of drug-likeness (QED) is 0.770. The number of nitrogens with zero attached hydrogens (tertiary/aromatic N) is 1. The number of carbonyl (C=O) groups is 2. The third kappa shape index (κ3) is 4.52. The molecule has 0 saturated carbocycles. The molecule has 1 aliphatic heterocycles. The second-order valence-electron chi connectivity index (χ2n) is 5.81. The van der Waals surface area contributed by atoms with E-state index < -0.39 is 0 Å². The first-order chi connectivity index (χ1) is 13.1. The van der Waals surface area contributed by atoms with Crippen LogP contribution >= 0.6 is 0 Å². The molecule has 1 aliphatic rings. The predicted molar refractivity (Wildman–Crippen MR) is 103 cm³/mol. The lowest BCUT2D eigenvalue weighted by Crippen LogP contribution is -2.20. The average molecular weight is 365 g/mol. The Bertz CT molecular complexity index is 920. The highest BCUT2D eigenvalue weighted by molar-refractivity contribution is 6.26. The van der Waals surface area contributed by atoms with Crippen LogP contribution in [0.1, 0.15) is 12.5 Å². The normalized spacial score (nSPS) is 14.5. The van der Waals surface area contributed by atoms with E-state index in [0.717, 1.165) is 5.56 Å². The minimum Gasteiger partial charge on any atom is -0.493 e. The van der Waals surface area contributed by atoms with E-state index in [-0.39, 0.29) is 18.4 Å². The number of hydrazone groups is 1. The first-order valence-electron chi connectivity index (χ1n) is 8.29. The van der Waals surface area contributed by atoms with Gasteiger partial charge in [0.2, 0.25) is 0 Å². The number of para-hydroxylation sites is 1. The van der Waals surface area contributed by atoms with Gasteiger partial charge in [-0.3, -0.25) is 9.59 Å². The van der Waals surface area contributed by atoms with E-state index in [1.54, 1.807) is 43.3 Å². The zero-order chi connectivity index (χ0) is 19.2. The van der Waals surface area contributed by atoms with E-state index in [2.05, 4.69) is 15.8 Å². The number of hydrogen-bond donors (Lipinski definition) is 2. The lowest BCUT2D eigenvalue weighted by molar-refractivity contribution is -0.118. The molecule has 2 amide bonds. The first kappa shape index (κ1) is 18.2. The molecule has 0 bridgehead atoms. The molecule has 0 spiro atoms. The fourth-order valence-electron chi connectivity index (χ4n) is 2.51. The number of anilines is 1. The Labute approximate surface area is 156 Å². The van der Waals surface area contributed by atoms with Gasteiger partial charge >= 0.3 is 0 Å². The summed E-state index contributed by atoms with van der Waals surface area (Å²) in [6.07, 6.45) is 1.72. The van der Waals surface area contributed by atoms with Crippen molar-refractivity contribution in [3.8, 4) is 11.5 Å². The van der Waals surface area contributed by atoms with Gasteiger partial charge in [-0.15, -0.1) is 0 Å². The summed E-state index contributed by atoms with van der Waals surface area (Å²) in [6, 6.07) is 14.3. The van der Waals surface area contributed by atoms with Crippen LogP contribution in [0.3, 0.4) is 0 Å². The molecule has 0 aliphatic carbocycles. The van der Waals surface area contributed by atoms with Crippen LogP contribution in [-0.4, -0.2) is 31.2 Å². The van der Waals surface area contributed by atoms with Crippen LogP contribution in [0.15, 0.2) is 59.2 Å². The van der Waals surface area contributed by atoms with E-state index in [0.29, 0.717) is 28.5 Å². The van der Waals surface area contributed by atoms with Gasteiger partial charge in [0.25, 0.3) is 11.8 Å². The molecule has 3 rings (SSSR count). The van der Waals surface area contributed by atoms with Crippen molar-refractivity contribution in [1.82, 2.24) is 5.43 Å². The fraction of sp³-hybridized carbons (Fsp3) is 0.150. The Morgan fingerprint density at radius 2 is 1.96 bits per heavy atom. The molecular formula is C20H19N3O4. The van der Waals surface area contributed by atoms with Crippen molar-refractivity contribution < 1.29 is 19.1 Å². The molecular weight excluding hydrogens is 346 g/mol. The lowest BCUT2D eigenvalue weighted by atomic mass is 10.1. The topological polar surface area (TPSA) is 89.0 Å².